The molecule has 2 aromatic rings. The summed E-state index contributed by atoms with van der Waals surface area (Å²) in [4.78, 5) is 12.2. The molecule has 0 bridgehead atoms. The summed E-state index contributed by atoms with van der Waals surface area (Å²) in [7, 11) is 3.09. The van der Waals surface area contributed by atoms with Crippen molar-refractivity contribution in [1.29, 1.82) is 0 Å². The van der Waals surface area contributed by atoms with Crippen molar-refractivity contribution in [3.05, 3.63) is 60.6 Å². The van der Waals surface area contributed by atoms with Gasteiger partial charge in [0, 0.05) is 22.9 Å². The topological polar surface area (TPSA) is 71.7 Å². The quantitative estimate of drug-likeness (QED) is 0.464. The minimum Gasteiger partial charge on any atom is -0.497 e. The van der Waals surface area contributed by atoms with Crippen LogP contribution < -0.4 is 19.5 Å². The predicted molar refractivity (Wildman–Crippen MR) is 84.8 cm³/mol. The lowest BCUT2D eigenvalue weighted by atomic mass is 10.1. The van der Waals surface area contributed by atoms with Crippen LogP contribution >= 0.6 is 0 Å². The van der Waals surface area contributed by atoms with Crippen LogP contribution in [0.4, 0.5) is 5.69 Å². The van der Waals surface area contributed by atoms with Crippen molar-refractivity contribution in [2.75, 3.05) is 19.5 Å². The van der Waals surface area contributed by atoms with Crippen LogP contribution in [0.5, 0.6) is 11.5 Å². The van der Waals surface area contributed by atoms with Crippen LogP contribution in [0.25, 0.3) is 0 Å². The third kappa shape index (κ3) is 4.00. The molecule has 0 fully saturated rings. The molecule has 0 aliphatic heterocycles. The SMILES string of the molecule is C=C(Nc1ccc(OC)cc1OC)C(=O)Cc1cccc[n+]1O. The molecule has 0 atom stereocenters. The van der Waals surface area contributed by atoms with Crippen LogP contribution in [0.1, 0.15) is 5.69 Å². The predicted octanol–water partition coefficient (Wildman–Crippen LogP) is 1.97. The van der Waals surface area contributed by atoms with Gasteiger partial charge in [-0.1, -0.05) is 6.58 Å². The maximum absolute atomic E-state index is 12.2. The summed E-state index contributed by atoms with van der Waals surface area (Å²) >= 11 is 0. The molecule has 120 valence electrons. The van der Waals surface area contributed by atoms with Gasteiger partial charge in [-0.15, -0.1) is 0 Å². The number of nitrogens with zero attached hydrogens (tertiary/aromatic N) is 1. The number of allylic oxidation sites excluding steroid dienone is 1. The van der Waals surface area contributed by atoms with Gasteiger partial charge in [-0.25, -0.2) is 0 Å². The zero-order valence-corrected chi connectivity index (χ0v) is 13.1. The lowest BCUT2D eigenvalue weighted by Gasteiger charge is -2.13. The molecule has 1 heterocycles. The normalized spacial score (nSPS) is 10.0. The van der Waals surface area contributed by atoms with Crippen molar-refractivity contribution in [3.8, 4) is 11.5 Å². The van der Waals surface area contributed by atoms with E-state index in [0.29, 0.717) is 22.9 Å². The molecule has 6 heteroatoms. The van der Waals surface area contributed by atoms with Gasteiger partial charge >= 0.3 is 0 Å². The highest BCUT2D eigenvalue weighted by atomic mass is 16.5. The highest BCUT2D eigenvalue weighted by Crippen LogP contribution is 2.29. The molecule has 1 aromatic heterocycles. The van der Waals surface area contributed by atoms with Crippen molar-refractivity contribution in [2.24, 2.45) is 0 Å². The van der Waals surface area contributed by atoms with E-state index in [1.165, 1.54) is 13.3 Å². The smallest absolute Gasteiger partial charge is 0.241 e. The van der Waals surface area contributed by atoms with Gasteiger partial charge in [0.05, 0.1) is 25.6 Å². The van der Waals surface area contributed by atoms with Gasteiger partial charge in [0.2, 0.25) is 11.9 Å². The molecule has 0 radical (unpaired) electrons. The zero-order valence-electron chi connectivity index (χ0n) is 13.1. The van der Waals surface area contributed by atoms with Crippen molar-refractivity contribution >= 4 is 11.5 Å². The first-order valence-electron chi connectivity index (χ1n) is 6.95. The Labute approximate surface area is 134 Å². The molecule has 2 rings (SSSR count). The highest BCUT2D eigenvalue weighted by Gasteiger charge is 2.17. The monoisotopic (exact) mass is 315 g/mol. The third-order valence-corrected chi connectivity index (χ3v) is 3.29. The van der Waals surface area contributed by atoms with E-state index < -0.39 is 0 Å². The number of anilines is 1. The van der Waals surface area contributed by atoms with E-state index in [2.05, 4.69) is 11.9 Å². The lowest BCUT2D eigenvalue weighted by Crippen LogP contribution is -2.36. The number of ketones is 1. The minimum absolute atomic E-state index is 0.0294. The highest BCUT2D eigenvalue weighted by molar-refractivity contribution is 5.98. The summed E-state index contributed by atoms with van der Waals surface area (Å²) in [6, 6.07) is 10.3. The number of rotatable bonds is 7. The molecule has 6 nitrogen and oxygen atoms in total. The number of Topliss-reactive ketones (excluding diaryl/α,β-unsaturated/α-hetero) is 1. The fourth-order valence-corrected chi connectivity index (χ4v) is 2.02. The van der Waals surface area contributed by atoms with Gasteiger partial charge in [0.15, 0.2) is 5.78 Å². The van der Waals surface area contributed by atoms with Crippen LogP contribution in [-0.4, -0.2) is 25.2 Å². The number of nitrogens with one attached hydrogen (secondary N) is 1. The molecule has 0 unspecified atom stereocenters. The molecule has 2 N–H and O–H groups in total. The number of carbonyl (C=O) groups is 1. The Morgan fingerprint density at radius 3 is 2.70 bits per heavy atom. The van der Waals surface area contributed by atoms with Crippen LogP contribution in [0.2, 0.25) is 0 Å². The minimum atomic E-state index is -0.239. The second-order valence-corrected chi connectivity index (χ2v) is 4.81. The van der Waals surface area contributed by atoms with Gasteiger partial charge in [-0.2, -0.15) is 0 Å². The van der Waals surface area contributed by atoms with Crippen molar-refractivity contribution < 1.29 is 24.2 Å². The molecule has 0 saturated carbocycles. The summed E-state index contributed by atoms with van der Waals surface area (Å²) in [6.45, 7) is 3.76. The fourth-order valence-electron chi connectivity index (χ4n) is 2.02. The Morgan fingerprint density at radius 2 is 2.04 bits per heavy atom. The Morgan fingerprint density at radius 1 is 1.26 bits per heavy atom. The van der Waals surface area contributed by atoms with E-state index in [0.717, 1.165) is 4.73 Å². The molecule has 0 saturated heterocycles. The average molecular weight is 315 g/mol. The summed E-state index contributed by atoms with van der Waals surface area (Å²) in [5.41, 5.74) is 1.29. The summed E-state index contributed by atoms with van der Waals surface area (Å²) < 4.78 is 11.3. The summed E-state index contributed by atoms with van der Waals surface area (Å²) in [5.74, 6) is 0.946. The maximum atomic E-state index is 12.2. The first-order valence-corrected chi connectivity index (χ1v) is 6.95. The molecular formula is C17H19N2O4+. The van der Waals surface area contributed by atoms with Crippen molar-refractivity contribution in [1.82, 2.24) is 0 Å². The molecule has 0 aliphatic carbocycles. The average Bonchev–Trinajstić information content (AvgIpc) is 2.57. The number of hydrogen-bond acceptors (Lipinski definition) is 5. The number of pyridine rings is 1. The number of benzene rings is 1. The van der Waals surface area contributed by atoms with E-state index in [1.807, 2.05) is 0 Å². The first-order chi connectivity index (χ1) is 11.0. The van der Waals surface area contributed by atoms with Gasteiger partial charge in [0.1, 0.15) is 17.9 Å². The summed E-state index contributed by atoms with van der Waals surface area (Å²) in [5, 5.41) is 12.6. The second kappa shape index (κ2) is 7.31. The van der Waals surface area contributed by atoms with Crippen LogP contribution in [0.3, 0.4) is 0 Å². The van der Waals surface area contributed by atoms with Gasteiger partial charge in [0.25, 0.3) is 0 Å². The Hall–Kier alpha value is -3.02. The maximum Gasteiger partial charge on any atom is 0.241 e. The molecule has 0 spiro atoms. The number of hydrogen-bond donors (Lipinski definition) is 2. The van der Waals surface area contributed by atoms with Crippen molar-refractivity contribution in [2.45, 2.75) is 6.42 Å². The number of carbonyl (C=O) groups excluding carboxylic acids is 1. The number of methoxy groups -OCH3 is 2. The van der Waals surface area contributed by atoms with E-state index >= 15 is 0 Å². The van der Waals surface area contributed by atoms with Gasteiger partial charge in [-0.3, -0.25) is 10.0 Å². The molecule has 0 aliphatic rings. The second-order valence-electron chi connectivity index (χ2n) is 4.81. The van der Waals surface area contributed by atoms with E-state index in [9.17, 15) is 10.0 Å². The lowest BCUT2D eigenvalue weighted by molar-refractivity contribution is -0.909. The standard InChI is InChI=1S/C17H19N2O4/c1-12(16(20)10-13-6-4-5-9-19(13)21)18-15-8-7-14(22-2)11-17(15)23-3/h4-9,11,18,21H,1,10H2,2-3H3/q+1. The van der Waals surface area contributed by atoms with Crippen LogP contribution in [0, 0.1) is 0 Å². The Balaban J connectivity index is 2.10. The number of aromatic nitrogens is 1. The van der Waals surface area contributed by atoms with E-state index in [-0.39, 0.29) is 17.9 Å². The Bertz CT molecular complexity index is 728. The first kappa shape index (κ1) is 16.4. The van der Waals surface area contributed by atoms with Gasteiger partial charge < -0.3 is 14.8 Å². The molecular weight excluding hydrogens is 296 g/mol. The zero-order chi connectivity index (χ0) is 16.8. The van der Waals surface area contributed by atoms with Crippen LogP contribution in [-0.2, 0) is 11.2 Å². The number of ether oxygens (including phenoxy) is 2. The Kier molecular flexibility index (Phi) is 5.19. The molecule has 0 amide bonds. The van der Waals surface area contributed by atoms with E-state index in [1.54, 1.807) is 43.5 Å². The molecule has 23 heavy (non-hydrogen) atoms. The largest absolute Gasteiger partial charge is 0.497 e. The van der Waals surface area contributed by atoms with Crippen molar-refractivity contribution in [3.63, 3.8) is 0 Å². The molecule has 1 aromatic carbocycles. The summed E-state index contributed by atoms with van der Waals surface area (Å²) in [6.07, 6.45) is 1.49. The fraction of sp³-hybridized carbons (Fsp3) is 0.176. The third-order valence-electron chi connectivity index (χ3n) is 3.29. The van der Waals surface area contributed by atoms with E-state index in [4.69, 9.17) is 9.47 Å². The van der Waals surface area contributed by atoms with Crippen LogP contribution in [0.15, 0.2) is 54.9 Å². The van der Waals surface area contributed by atoms with Gasteiger partial charge in [-0.05, 0) is 18.2 Å².